The van der Waals surface area contributed by atoms with Gasteiger partial charge in [-0.2, -0.15) is 10.5 Å². The second-order valence-electron chi connectivity index (χ2n) is 8.76. The molecular weight excluding hydrogens is 731 g/mol. The Balaban J connectivity index is 0.000000184. The number of hydrogen-bond acceptors (Lipinski definition) is 7. The quantitative estimate of drug-likeness (QED) is 0.118. The molecule has 0 aliphatic heterocycles. The Labute approximate surface area is 271 Å². The van der Waals surface area contributed by atoms with E-state index in [2.05, 4.69) is 22.1 Å². The number of nitrogen functional groups attached to an aromatic ring is 3. The number of ether oxygens (including phenoxy) is 2. The first-order chi connectivity index (χ1) is 19.3. The van der Waals surface area contributed by atoms with Crippen LogP contribution in [-0.2, 0) is 0 Å². The van der Waals surface area contributed by atoms with Crippen molar-refractivity contribution in [3.8, 4) is 35.1 Å². The van der Waals surface area contributed by atoms with Crippen molar-refractivity contribution in [3.63, 3.8) is 0 Å². The van der Waals surface area contributed by atoms with Crippen LogP contribution in [0.1, 0.15) is 11.1 Å². The molecule has 11 heteroatoms. The van der Waals surface area contributed by atoms with Crippen LogP contribution in [-0.4, -0.2) is 9.97 Å². The molecule has 10 nitrogen and oxygen atoms in total. The molecule has 0 bridgehead atoms. The van der Waals surface area contributed by atoms with Crippen LogP contribution >= 0.6 is 0 Å². The van der Waals surface area contributed by atoms with E-state index in [-0.39, 0.29) is 44.1 Å². The number of nitrogens with one attached hydrogen (secondary N) is 3. The summed E-state index contributed by atoms with van der Waals surface area (Å²) in [7, 11) is 0. The molecule has 41 heavy (non-hydrogen) atoms. The van der Waals surface area contributed by atoms with Crippen molar-refractivity contribution in [2.75, 3.05) is 17.2 Å². The van der Waals surface area contributed by atoms with Gasteiger partial charge in [0.25, 0.3) is 0 Å². The third-order valence-electron chi connectivity index (χ3n) is 6.03. The minimum atomic E-state index is 0. The van der Waals surface area contributed by atoms with Gasteiger partial charge in [0, 0.05) is 71.6 Å². The van der Waals surface area contributed by atoms with Crippen LogP contribution in [0.4, 0.5) is 23.0 Å². The molecule has 0 aliphatic carbocycles. The normalized spacial score (nSPS) is 10.1. The first-order valence-corrected chi connectivity index (χ1v) is 12.0. The van der Waals surface area contributed by atoms with Crippen LogP contribution in [0.25, 0.3) is 27.5 Å². The fraction of sp³-hybridized carbons (Fsp3) is 0. The van der Waals surface area contributed by atoms with Crippen molar-refractivity contribution < 1.29 is 53.5 Å². The van der Waals surface area contributed by atoms with Crippen molar-refractivity contribution >= 4 is 44.8 Å². The number of benzene rings is 4. The zero-order valence-corrected chi connectivity index (χ0v) is 26.3. The minimum Gasteiger partial charge on any atom is -0.699 e. The molecule has 6 aromatic rings. The number of aromatic nitrogens is 2. The summed E-state index contributed by atoms with van der Waals surface area (Å²) < 4.78 is 11.4. The van der Waals surface area contributed by atoms with Gasteiger partial charge in [0.2, 0.25) is 0 Å². The van der Waals surface area contributed by atoms with Gasteiger partial charge < -0.3 is 42.4 Å². The first kappa shape index (κ1) is 29.2. The summed E-state index contributed by atoms with van der Waals surface area (Å²) in [5.74, 6) is 3.30. The third kappa shape index (κ3) is 6.50. The Bertz CT molecular complexity index is 1770. The number of nitrogens with two attached hydrogens (primary N) is 3. The van der Waals surface area contributed by atoms with Crippen LogP contribution in [0.5, 0.6) is 23.0 Å². The molecule has 0 saturated heterocycles. The van der Waals surface area contributed by atoms with Gasteiger partial charge in [-0.25, -0.2) is 0 Å². The summed E-state index contributed by atoms with van der Waals surface area (Å²) in [5, 5.41) is 19.7. The van der Waals surface area contributed by atoms with Crippen molar-refractivity contribution in [1.82, 2.24) is 9.97 Å². The largest absolute Gasteiger partial charge is 0.699 e. The maximum atomic E-state index is 9.11. The average molecular weight is 755 g/mol. The minimum absolute atomic E-state index is 0. The average Bonchev–Trinajstić information content (AvgIpc) is 3.45. The van der Waals surface area contributed by atoms with E-state index in [0.717, 1.165) is 21.8 Å². The summed E-state index contributed by atoms with van der Waals surface area (Å²) in [6.45, 7) is 0. The summed E-state index contributed by atoms with van der Waals surface area (Å²) in [6, 6.07) is 28.9. The van der Waals surface area contributed by atoms with Gasteiger partial charge in [0.1, 0.15) is 57.9 Å². The number of aromatic amines is 2. The number of fused-ring (bicyclic) bond motifs is 2. The van der Waals surface area contributed by atoms with Crippen LogP contribution in [0.2, 0.25) is 0 Å². The fourth-order valence-corrected chi connectivity index (χ4v) is 4.08. The van der Waals surface area contributed by atoms with Crippen molar-refractivity contribution in [3.05, 3.63) is 102 Å². The zero-order chi connectivity index (χ0) is 28.2. The maximum Gasteiger partial charge on any atom is 0.128 e. The summed E-state index contributed by atoms with van der Waals surface area (Å²) in [5.41, 5.74) is 28.1. The summed E-state index contributed by atoms with van der Waals surface area (Å²) >= 11 is 0. The SMILES string of the molecule is N#Cc1c(N)[nH]c2ccc(Oc3ccc(N)cc3)cc12.N#Cc1c(N)[nH]c2ccc(Oc3ccc([NH-])cc3)cc12.[Ac]. The third-order valence-corrected chi connectivity index (χ3v) is 6.03. The molecule has 0 unspecified atom stereocenters. The molecule has 199 valence electrons. The molecule has 0 aliphatic rings. The predicted molar refractivity (Wildman–Crippen MR) is 156 cm³/mol. The van der Waals surface area contributed by atoms with Gasteiger partial charge in [-0.1, -0.05) is 12.1 Å². The number of rotatable bonds is 4. The van der Waals surface area contributed by atoms with Crippen molar-refractivity contribution in [1.29, 1.82) is 10.5 Å². The molecule has 0 fully saturated rings. The van der Waals surface area contributed by atoms with E-state index in [1.54, 1.807) is 66.7 Å². The second-order valence-corrected chi connectivity index (χ2v) is 8.76. The molecule has 1 radical (unpaired) electrons. The van der Waals surface area contributed by atoms with E-state index in [4.69, 9.17) is 42.9 Å². The number of nitriles is 2. The molecule has 0 amide bonds. The van der Waals surface area contributed by atoms with Crippen LogP contribution in [0, 0.1) is 66.7 Å². The van der Waals surface area contributed by atoms with E-state index in [9.17, 15) is 0 Å². The summed E-state index contributed by atoms with van der Waals surface area (Å²) in [6.07, 6.45) is 0. The van der Waals surface area contributed by atoms with Gasteiger partial charge in [-0.05, 0) is 72.8 Å². The smallest absolute Gasteiger partial charge is 0.128 e. The second kappa shape index (κ2) is 12.6. The maximum absolute atomic E-state index is 9.11. The van der Waals surface area contributed by atoms with Crippen LogP contribution in [0.3, 0.4) is 0 Å². The first-order valence-electron chi connectivity index (χ1n) is 12.0. The van der Waals surface area contributed by atoms with Gasteiger partial charge in [-0.3, -0.25) is 0 Å². The molecular formula is C30H23AcN8O2-. The fourth-order valence-electron chi connectivity index (χ4n) is 4.08. The van der Waals surface area contributed by atoms with Gasteiger partial charge >= 0.3 is 0 Å². The number of nitrogens with zero attached hydrogens (tertiary/aromatic N) is 2. The molecule has 2 aromatic heterocycles. The Kier molecular flexibility index (Phi) is 8.94. The standard InChI is InChI=1S/C15H12N4O.C15H11N4O.Ac/c2*16-8-13-12-7-11(5-6-14(12)19-15(13)18)20-10-3-1-9(17)2-4-10;/h1-7,19H,17-18H2;1-7,17,19H,18H2;/q;-1;. The predicted octanol–water partition coefficient (Wildman–Crippen LogP) is 7.09. The zero-order valence-electron chi connectivity index (χ0n) is 21.6. The Morgan fingerprint density at radius 2 is 0.976 bits per heavy atom. The number of anilines is 3. The van der Waals surface area contributed by atoms with Gasteiger partial charge in [0.15, 0.2) is 0 Å². The number of H-pyrrole nitrogens is 2. The Morgan fingerprint density at radius 3 is 1.39 bits per heavy atom. The molecule has 4 aromatic carbocycles. The number of hydrogen-bond donors (Lipinski definition) is 5. The van der Waals surface area contributed by atoms with E-state index < -0.39 is 0 Å². The van der Waals surface area contributed by atoms with Crippen molar-refractivity contribution in [2.24, 2.45) is 0 Å². The van der Waals surface area contributed by atoms with Gasteiger partial charge in [0.05, 0.1) is 0 Å². The molecule has 0 saturated carbocycles. The van der Waals surface area contributed by atoms with E-state index >= 15 is 0 Å². The topological polar surface area (TPSA) is 199 Å². The van der Waals surface area contributed by atoms with E-state index in [1.807, 2.05) is 18.2 Å². The molecule has 0 atom stereocenters. The van der Waals surface area contributed by atoms with Gasteiger partial charge in [-0.15, -0.1) is 5.69 Å². The molecule has 9 N–H and O–H groups in total. The van der Waals surface area contributed by atoms with E-state index in [0.29, 0.717) is 57.1 Å². The Morgan fingerprint density at radius 1 is 0.585 bits per heavy atom. The van der Waals surface area contributed by atoms with Crippen LogP contribution < -0.4 is 26.7 Å². The van der Waals surface area contributed by atoms with Crippen LogP contribution in [0.15, 0.2) is 84.9 Å². The molecule has 6 rings (SSSR count). The van der Waals surface area contributed by atoms with Crippen molar-refractivity contribution in [2.45, 2.75) is 0 Å². The molecule has 0 spiro atoms. The summed E-state index contributed by atoms with van der Waals surface area (Å²) in [4.78, 5) is 5.91. The van der Waals surface area contributed by atoms with E-state index in [1.165, 1.54) is 0 Å². The monoisotopic (exact) mass is 754 g/mol. The Hall–Kier alpha value is -4.82. The molecule has 2 heterocycles.